The van der Waals surface area contributed by atoms with Gasteiger partial charge in [0.2, 0.25) is 0 Å². The molecule has 1 aromatic heterocycles. The Morgan fingerprint density at radius 2 is 1.67 bits per heavy atom. The summed E-state index contributed by atoms with van der Waals surface area (Å²) >= 11 is 0. The van der Waals surface area contributed by atoms with Gasteiger partial charge in [-0.15, -0.1) is 0 Å². The molecule has 1 fully saturated rings. The minimum absolute atomic E-state index is 0.175. The number of ether oxygens (including phenoxy) is 1. The van der Waals surface area contributed by atoms with Crippen molar-refractivity contribution in [3.05, 3.63) is 23.5 Å². The van der Waals surface area contributed by atoms with Gasteiger partial charge in [0.05, 0.1) is 6.10 Å². The summed E-state index contributed by atoms with van der Waals surface area (Å²) in [5.41, 5.74) is 0.350. The molecule has 0 aromatic carbocycles. The molecule has 1 heterocycles. The highest BCUT2D eigenvalue weighted by molar-refractivity contribution is 5.96. The summed E-state index contributed by atoms with van der Waals surface area (Å²) in [6, 6.07) is 3.09. The first-order valence-electron chi connectivity index (χ1n) is 5.77. The number of rotatable bonds is 4. The quantitative estimate of drug-likeness (QED) is 0.806. The van der Waals surface area contributed by atoms with Crippen LogP contribution in [0.4, 0.5) is 0 Å². The predicted octanol–water partition coefficient (Wildman–Crippen LogP) is 0.342. The molecule has 0 saturated heterocycles. The van der Waals surface area contributed by atoms with E-state index in [2.05, 4.69) is 15.6 Å². The zero-order chi connectivity index (χ0) is 13.1. The lowest BCUT2D eigenvalue weighted by Crippen LogP contribution is -2.24. The Labute approximate surface area is 105 Å². The van der Waals surface area contributed by atoms with Crippen LogP contribution in [0.25, 0.3) is 0 Å². The van der Waals surface area contributed by atoms with Gasteiger partial charge in [0, 0.05) is 26.2 Å². The Bertz CT molecular complexity index is 449. The molecule has 2 rings (SSSR count). The second kappa shape index (κ2) is 5.03. The molecule has 2 N–H and O–H groups in total. The van der Waals surface area contributed by atoms with E-state index in [-0.39, 0.29) is 29.3 Å². The van der Waals surface area contributed by atoms with Crippen LogP contribution >= 0.6 is 0 Å². The number of carbonyl (C=O) groups is 2. The molecule has 6 heteroatoms. The van der Waals surface area contributed by atoms with Crippen molar-refractivity contribution in [1.82, 2.24) is 15.6 Å². The number of nitrogens with zero attached hydrogens (tertiary/aromatic N) is 1. The van der Waals surface area contributed by atoms with Gasteiger partial charge in [0.25, 0.3) is 11.8 Å². The van der Waals surface area contributed by atoms with Crippen LogP contribution in [0.1, 0.15) is 33.8 Å². The van der Waals surface area contributed by atoms with Gasteiger partial charge in [-0.1, -0.05) is 0 Å². The molecule has 0 radical (unpaired) electrons. The monoisotopic (exact) mass is 249 g/mol. The van der Waals surface area contributed by atoms with Crippen LogP contribution in [-0.2, 0) is 0 Å². The second-order valence-electron chi connectivity index (χ2n) is 4.05. The topological polar surface area (TPSA) is 80.3 Å². The fourth-order valence-corrected chi connectivity index (χ4v) is 1.44. The molecule has 1 aromatic rings. The number of aromatic nitrogens is 1. The third kappa shape index (κ3) is 2.77. The molecule has 6 nitrogen and oxygen atoms in total. The van der Waals surface area contributed by atoms with E-state index in [1.54, 1.807) is 12.1 Å². The average Bonchev–Trinajstić information content (AvgIpc) is 3.20. The molecule has 0 bridgehead atoms. The van der Waals surface area contributed by atoms with Crippen molar-refractivity contribution >= 4 is 11.8 Å². The van der Waals surface area contributed by atoms with Gasteiger partial charge >= 0.3 is 0 Å². The van der Waals surface area contributed by atoms with Crippen LogP contribution < -0.4 is 15.4 Å². The zero-order valence-corrected chi connectivity index (χ0v) is 10.3. The van der Waals surface area contributed by atoms with Crippen molar-refractivity contribution in [3.8, 4) is 5.75 Å². The Morgan fingerprint density at radius 3 is 2.06 bits per heavy atom. The molecule has 2 amide bonds. The first kappa shape index (κ1) is 12.3. The van der Waals surface area contributed by atoms with Gasteiger partial charge in [0.15, 0.2) is 0 Å². The molecular weight excluding hydrogens is 234 g/mol. The van der Waals surface area contributed by atoms with E-state index in [0.717, 1.165) is 12.8 Å². The first-order chi connectivity index (χ1) is 8.63. The number of amides is 2. The maximum atomic E-state index is 11.6. The molecule has 0 unspecified atom stereocenters. The molecule has 18 heavy (non-hydrogen) atoms. The highest BCUT2D eigenvalue weighted by atomic mass is 16.5. The Morgan fingerprint density at radius 1 is 1.17 bits per heavy atom. The third-order valence-corrected chi connectivity index (χ3v) is 2.55. The van der Waals surface area contributed by atoms with Crippen LogP contribution in [0.15, 0.2) is 12.1 Å². The lowest BCUT2D eigenvalue weighted by atomic mass is 10.2. The van der Waals surface area contributed by atoms with E-state index in [1.165, 1.54) is 14.1 Å². The van der Waals surface area contributed by atoms with Gasteiger partial charge in [-0.3, -0.25) is 9.59 Å². The number of pyridine rings is 1. The van der Waals surface area contributed by atoms with Crippen LogP contribution in [0.5, 0.6) is 5.75 Å². The zero-order valence-electron chi connectivity index (χ0n) is 10.3. The summed E-state index contributed by atoms with van der Waals surface area (Å²) in [7, 11) is 3.02. The fourth-order valence-electron chi connectivity index (χ4n) is 1.44. The van der Waals surface area contributed by atoms with Crippen LogP contribution in [0.2, 0.25) is 0 Å². The molecule has 96 valence electrons. The first-order valence-corrected chi connectivity index (χ1v) is 5.77. The van der Waals surface area contributed by atoms with Crippen molar-refractivity contribution < 1.29 is 14.3 Å². The fraction of sp³-hybridized carbons (Fsp3) is 0.417. The summed E-state index contributed by atoms with van der Waals surface area (Å²) in [6.45, 7) is 0. The summed E-state index contributed by atoms with van der Waals surface area (Å²) in [5, 5.41) is 4.95. The molecule has 1 aliphatic carbocycles. The largest absolute Gasteiger partial charge is 0.490 e. The number of nitrogens with one attached hydrogen (secondary N) is 2. The normalized spacial score (nSPS) is 13.9. The highest BCUT2D eigenvalue weighted by Gasteiger charge is 2.24. The second-order valence-corrected chi connectivity index (χ2v) is 4.05. The summed E-state index contributed by atoms with van der Waals surface area (Å²) in [5.74, 6) is -0.187. The van der Waals surface area contributed by atoms with Gasteiger partial charge in [-0.05, 0) is 12.8 Å². The lowest BCUT2D eigenvalue weighted by Gasteiger charge is -2.08. The number of hydrogen-bond donors (Lipinski definition) is 2. The van der Waals surface area contributed by atoms with Gasteiger partial charge in [-0.25, -0.2) is 4.98 Å². The standard InChI is InChI=1S/C12H15N3O3/c1-13-11(16)9-5-8(18-7-3-4-7)6-10(15-9)12(17)14-2/h5-7H,3-4H2,1-2H3,(H,13,16)(H,14,17). The third-order valence-electron chi connectivity index (χ3n) is 2.55. The van der Waals surface area contributed by atoms with Crippen LogP contribution in [0, 0.1) is 0 Å². The van der Waals surface area contributed by atoms with E-state index in [9.17, 15) is 9.59 Å². The van der Waals surface area contributed by atoms with Crippen molar-refractivity contribution in [2.24, 2.45) is 0 Å². The van der Waals surface area contributed by atoms with Crippen molar-refractivity contribution in [2.75, 3.05) is 14.1 Å². The minimum Gasteiger partial charge on any atom is -0.490 e. The summed E-state index contributed by atoms with van der Waals surface area (Å²) in [4.78, 5) is 27.1. The summed E-state index contributed by atoms with van der Waals surface area (Å²) < 4.78 is 5.60. The van der Waals surface area contributed by atoms with E-state index in [0.29, 0.717) is 5.75 Å². The van der Waals surface area contributed by atoms with Crippen molar-refractivity contribution in [2.45, 2.75) is 18.9 Å². The Hall–Kier alpha value is -2.11. The molecular formula is C12H15N3O3. The number of carbonyl (C=O) groups excluding carboxylic acids is 2. The van der Waals surface area contributed by atoms with Gasteiger partial charge in [-0.2, -0.15) is 0 Å². The molecule has 0 aliphatic heterocycles. The molecule has 0 spiro atoms. The van der Waals surface area contributed by atoms with E-state index in [1.807, 2.05) is 0 Å². The predicted molar refractivity (Wildman–Crippen MR) is 64.7 cm³/mol. The SMILES string of the molecule is CNC(=O)c1cc(OC2CC2)cc(C(=O)NC)n1. The van der Waals surface area contributed by atoms with E-state index < -0.39 is 0 Å². The lowest BCUT2D eigenvalue weighted by molar-refractivity contribution is 0.0952. The molecule has 0 atom stereocenters. The maximum absolute atomic E-state index is 11.6. The van der Waals surface area contributed by atoms with Gasteiger partial charge < -0.3 is 15.4 Å². The smallest absolute Gasteiger partial charge is 0.269 e. The van der Waals surface area contributed by atoms with Crippen LogP contribution in [-0.4, -0.2) is 37.0 Å². The van der Waals surface area contributed by atoms with E-state index >= 15 is 0 Å². The van der Waals surface area contributed by atoms with E-state index in [4.69, 9.17) is 4.74 Å². The molecule has 1 saturated carbocycles. The van der Waals surface area contributed by atoms with Crippen LogP contribution in [0.3, 0.4) is 0 Å². The highest BCUT2D eigenvalue weighted by Crippen LogP contribution is 2.27. The number of hydrogen-bond acceptors (Lipinski definition) is 4. The maximum Gasteiger partial charge on any atom is 0.269 e. The minimum atomic E-state index is -0.346. The average molecular weight is 249 g/mol. The Kier molecular flexibility index (Phi) is 3.45. The molecule has 1 aliphatic rings. The van der Waals surface area contributed by atoms with Crippen molar-refractivity contribution in [1.29, 1.82) is 0 Å². The van der Waals surface area contributed by atoms with Gasteiger partial charge in [0.1, 0.15) is 17.1 Å². The summed E-state index contributed by atoms with van der Waals surface area (Å²) in [6.07, 6.45) is 2.21. The Balaban J connectivity index is 2.33. The van der Waals surface area contributed by atoms with Crippen molar-refractivity contribution in [3.63, 3.8) is 0 Å².